The third kappa shape index (κ3) is 6.09. The van der Waals surface area contributed by atoms with Gasteiger partial charge in [0.25, 0.3) is 0 Å². The number of nitrogens with one attached hydrogen (secondary N) is 1. The first-order valence-corrected chi connectivity index (χ1v) is 11.9. The SMILES string of the molecule is CCN(CC)CCCn1nc(NCCC(C)N2CCCCC2)c2cc(Cl)ccc21. The summed E-state index contributed by atoms with van der Waals surface area (Å²) >= 11 is 6.29. The molecular weight excluding hydrogens is 382 g/mol. The highest BCUT2D eigenvalue weighted by atomic mass is 35.5. The van der Waals surface area contributed by atoms with Crippen molar-refractivity contribution in [3.05, 3.63) is 23.2 Å². The maximum Gasteiger partial charge on any atom is 0.156 e. The molecule has 0 amide bonds. The van der Waals surface area contributed by atoms with Crippen LogP contribution >= 0.6 is 11.6 Å². The van der Waals surface area contributed by atoms with Gasteiger partial charge in [0.05, 0.1) is 5.52 Å². The van der Waals surface area contributed by atoms with Crippen LogP contribution in [0.3, 0.4) is 0 Å². The van der Waals surface area contributed by atoms with Gasteiger partial charge < -0.3 is 15.1 Å². The smallest absolute Gasteiger partial charge is 0.156 e. The molecule has 0 aliphatic carbocycles. The van der Waals surface area contributed by atoms with Crippen molar-refractivity contribution in [3.8, 4) is 0 Å². The van der Waals surface area contributed by atoms with Gasteiger partial charge in [-0.05, 0) is 83.5 Å². The standard InChI is InChI=1S/C23H38ClN5/c1-4-27(5-2)14-9-17-29-22-11-10-20(24)18-21(22)23(26-29)25-13-12-19(3)28-15-7-6-8-16-28/h10-11,18-19H,4-9,12-17H2,1-3H3,(H,25,26). The number of nitrogens with zero attached hydrogens (tertiary/aromatic N) is 4. The Morgan fingerprint density at radius 3 is 2.66 bits per heavy atom. The molecule has 0 saturated carbocycles. The Bertz CT molecular complexity index is 749. The molecule has 1 aromatic heterocycles. The van der Waals surface area contributed by atoms with Crippen molar-refractivity contribution >= 4 is 28.3 Å². The first-order valence-electron chi connectivity index (χ1n) is 11.5. The molecule has 1 fully saturated rings. The van der Waals surface area contributed by atoms with E-state index in [-0.39, 0.29) is 0 Å². The number of rotatable bonds is 11. The van der Waals surface area contributed by atoms with Gasteiger partial charge in [-0.1, -0.05) is 31.9 Å². The maximum atomic E-state index is 6.29. The Morgan fingerprint density at radius 2 is 1.93 bits per heavy atom. The number of likely N-dealkylation sites (tertiary alicyclic amines) is 1. The van der Waals surface area contributed by atoms with Gasteiger partial charge in [0.2, 0.25) is 0 Å². The summed E-state index contributed by atoms with van der Waals surface area (Å²) in [6, 6.07) is 6.73. The van der Waals surface area contributed by atoms with Gasteiger partial charge in [0.15, 0.2) is 5.82 Å². The van der Waals surface area contributed by atoms with Crippen LogP contribution in [-0.4, -0.2) is 64.9 Å². The van der Waals surface area contributed by atoms with Crippen molar-refractivity contribution in [2.24, 2.45) is 0 Å². The van der Waals surface area contributed by atoms with Gasteiger partial charge in [-0.2, -0.15) is 5.10 Å². The van der Waals surface area contributed by atoms with E-state index in [1.54, 1.807) is 0 Å². The molecule has 162 valence electrons. The van der Waals surface area contributed by atoms with Crippen molar-refractivity contribution in [1.29, 1.82) is 0 Å². The van der Waals surface area contributed by atoms with E-state index in [1.165, 1.54) is 37.9 Å². The minimum Gasteiger partial charge on any atom is -0.368 e. The summed E-state index contributed by atoms with van der Waals surface area (Å²) in [5, 5.41) is 10.4. The van der Waals surface area contributed by atoms with Crippen LogP contribution in [0.1, 0.15) is 52.9 Å². The zero-order chi connectivity index (χ0) is 20.6. The number of anilines is 1. The number of benzene rings is 1. The Labute approximate surface area is 181 Å². The van der Waals surface area contributed by atoms with Crippen molar-refractivity contribution in [3.63, 3.8) is 0 Å². The lowest BCUT2D eigenvalue weighted by Crippen LogP contribution is -2.38. The number of aromatic nitrogens is 2. The average molecular weight is 420 g/mol. The fourth-order valence-electron chi connectivity index (χ4n) is 4.38. The number of hydrogen-bond acceptors (Lipinski definition) is 4. The second kappa shape index (κ2) is 11.2. The van der Waals surface area contributed by atoms with Crippen molar-refractivity contribution in [2.45, 2.75) is 65.5 Å². The van der Waals surface area contributed by atoms with Gasteiger partial charge in [0.1, 0.15) is 0 Å². The van der Waals surface area contributed by atoms with Crippen molar-refractivity contribution in [2.75, 3.05) is 44.6 Å². The van der Waals surface area contributed by atoms with Crippen LogP contribution < -0.4 is 5.32 Å². The second-order valence-electron chi connectivity index (χ2n) is 8.27. The van der Waals surface area contributed by atoms with E-state index in [9.17, 15) is 0 Å². The summed E-state index contributed by atoms with van der Waals surface area (Å²) in [5.41, 5.74) is 1.17. The van der Waals surface area contributed by atoms with Crippen LogP contribution in [0.15, 0.2) is 18.2 Å². The molecule has 2 heterocycles. The lowest BCUT2D eigenvalue weighted by molar-refractivity contribution is 0.169. The third-order valence-corrected chi connectivity index (χ3v) is 6.55. The third-order valence-electron chi connectivity index (χ3n) is 6.32. The highest BCUT2D eigenvalue weighted by Gasteiger charge is 2.17. The Kier molecular flexibility index (Phi) is 8.64. The van der Waals surface area contributed by atoms with Gasteiger partial charge in [-0.15, -0.1) is 0 Å². The van der Waals surface area contributed by atoms with E-state index in [0.29, 0.717) is 6.04 Å². The molecule has 1 N–H and O–H groups in total. The van der Waals surface area contributed by atoms with Gasteiger partial charge in [-0.3, -0.25) is 4.68 Å². The zero-order valence-electron chi connectivity index (χ0n) is 18.5. The molecule has 1 saturated heterocycles. The van der Waals surface area contributed by atoms with Crippen LogP contribution in [0.5, 0.6) is 0 Å². The molecule has 0 radical (unpaired) electrons. The fourth-order valence-corrected chi connectivity index (χ4v) is 4.55. The molecule has 0 bridgehead atoms. The Morgan fingerprint density at radius 1 is 1.17 bits per heavy atom. The van der Waals surface area contributed by atoms with Crippen LogP contribution in [-0.2, 0) is 6.54 Å². The maximum absolute atomic E-state index is 6.29. The lowest BCUT2D eigenvalue weighted by Gasteiger charge is -2.32. The number of piperidine rings is 1. The summed E-state index contributed by atoms with van der Waals surface area (Å²) in [6.07, 6.45) is 6.32. The first-order chi connectivity index (χ1) is 14.1. The molecule has 2 aromatic rings. The first kappa shape index (κ1) is 22.4. The molecule has 3 rings (SSSR count). The average Bonchev–Trinajstić information content (AvgIpc) is 3.08. The fraction of sp³-hybridized carbons (Fsp3) is 0.696. The minimum atomic E-state index is 0.619. The Balaban J connectivity index is 1.61. The monoisotopic (exact) mass is 419 g/mol. The number of aryl methyl sites for hydroxylation is 1. The molecule has 0 spiro atoms. The highest BCUT2D eigenvalue weighted by molar-refractivity contribution is 6.31. The van der Waals surface area contributed by atoms with E-state index < -0.39 is 0 Å². The van der Waals surface area contributed by atoms with E-state index in [2.05, 4.69) is 46.6 Å². The Hall–Kier alpha value is -1.30. The van der Waals surface area contributed by atoms with E-state index >= 15 is 0 Å². The number of fused-ring (bicyclic) bond motifs is 1. The van der Waals surface area contributed by atoms with Crippen LogP contribution in [0, 0.1) is 0 Å². The van der Waals surface area contributed by atoms with E-state index in [0.717, 1.165) is 61.8 Å². The quantitative estimate of drug-likeness (QED) is 0.549. The predicted octanol–water partition coefficient (Wildman–Crippen LogP) is 5.10. The highest BCUT2D eigenvalue weighted by Crippen LogP contribution is 2.27. The molecule has 1 aliphatic heterocycles. The molecule has 5 nitrogen and oxygen atoms in total. The summed E-state index contributed by atoms with van der Waals surface area (Å²) in [4.78, 5) is 5.09. The molecule has 1 unspecified atom stereocenters. The van der Waals surface area contributed by atoms with E-state index in [4.69, 9.17) is 16.7 Å². The molecule has 1 aromatic carbocycles. The molecular formula is C23H38ClN5. The predicted molar refractivity (Wildman–Crippen MR) is 125 cm³/mol. The summed E-state index contributed by atoms with van der Waals surface area (Å²) in [5.74, 6) is 0.969. The summed E-state index contributed by atoms with van der Waals surface area (Å²) < 4.78 is 2.14. The molecule has 6 heteroatoms. The molecule has 1 atom stereocenters. The minimum absolute atomic E-state index is 0.619. The van der Waals surface area contributed by atoms with Crippen molar-refractivity contribution in [1.82, 2.24) is 19.6 Å². The van der Waals surface area contributed by atoms with Gasteiger partial charge in [0, 0.05) is 29.5 Å². The summed E-state index contributed by atoms with van der Waals surface area (Å²) in [7, 11) is 0. The second-order valence-corrected chi connectivity index (χ2v) is 8.71. The van der Waals surface area contributed by atoms with Crippen LogP contribution in [0.4, 0.5) is 5.82 Å². The number of hydrogen-bond donors (Lipinski definition) is 1. The molecule has 29 heavy (non-hydrogen) atoms. The topological polar surface area (TPSA) is 36.3 Å². The summed E-state index contributed by atoms with van der Waals surface area (Å²) in [6.45, 7) is 14.5. The zero-order valence-corrected chi connectivity index (χ0v) is 19.2. The molecule has 1 aliphatic rings. The lowest BCUT2D eigenvalue weighted by atomic mass is 10.1. The normalized spacial score (nSPS) is 16.6. The van der Waals surface area contributed by atoms with Gasteiger partial charge >= 0.3 is 0 Å². The van der Waals surface area contributed by atoms with Crippen LogP contribution in [0.2, 0.25) is 5.02 Å². The number of halogens is 1. The van der Waals surface area contributed by atoms with Crippen LogP contribution in [0.25, 0.3) is 10.9 Å². The van der Waals surface area contributed by atoms with Crippen molar-refractivity contribution < 1.29 is 0 Å². The van der Waals surface area contributed by atoms with E-state index in [1.807, 2.05) is 12.1 Å². The van der Waals surface area contributed by atoms with Gasteiger partial charge in [-0.25, -0.2) is 0 Å². The largest absolute Gasteiger partial charge is 0.368 e.